The quantitative estimate of drug-likeness (QED) is 0.0169. The number of aliphatic hydroxyl groups excluding tert-OH is 1. The summed E-state index contributed by atoms with van der Waals surface area (Å²) in [5, 5.41) is 10.6. The highest BCUT2D eigenvalue weighted by Crippen LogP contribution is 2.45. The molecule has 610 valence electrons. The van der Waals surface area contributed by atoms with Gasteiger partial charge < -0.3 is 33.8 Å². The second-order valence-corrected chi connectivity index (χ2v) is 29.2. The molecule has 0 amide bonds. The standard InChI is InChI=1S/C89H142O17P2/c1-5-9-13-17-21-25-29-33-37-40-41-44-47-50-54-58-62-66-70-74-87(92)100-80-85(106-89(94)76-72-68-64-60-56-52-48-43-39-35-31-27-23-19-15-11-7-3)82-104-108(97,98)102-78-83(90)77-101-107(95,96)103-81-84(105-88(93)75-71-67-63-59-55-51-45-36-32-28-24-20-16-12-8-4)79-99-86(91)73-69-65-61-57-53-49-46-42-38-34-30-26-22-18-14-10-6-2/h9,13,21-28,33-39,41,44-46,48-50,52,54,57,60-62,64,66,83-85,90H,5-8,10-12,14-20,29-32,40,42-43,47,51,53,55-56,58-59,63,65,67-82H2,1-4H3,(H,95,96)(H,97,98)/b13-9-,25-21-,26-22-,27-23-,28-24-,37-33-,38-34-,39-35-,44-41-,45-36-,49-46-,52-48-,54-50-,61-57-,64-60-,66-62-/t83-,84+,85+/m0/s1. The average Bonchev–Trinajstić information content (AvgIpc) is 0.906. The predicted octanol–water partition coefficient (Wildman–Crippen LogP) is 24.1. The Bertz CT molecular complexity index is 2810. The van der Waals surface area contributed by atoms with Crippen LogP contribution in [0, 0.1) is 0 Å². The van der Waals surface area contributed by atoms with Gasteiger partial charge in [0.25, 0.3) is 0 Å². The summed E-state index contributed by atoms with van der Waals surface area (Å²) in [5.41, 5.74) is 0. The molecule has 5 atom stereocenters. The van der Waals surface area contributed by atoms with E-state index in [-0.39, 0.29) is 25.7 Å². The van der Waals surface area contributed by atoms with E-state index in [9.17, 15) is 43.2 Å². The molecule has 0 heterocycles. The molecule has 0 aromatic heterocycles. The zero-order chi connectivity index (χ0) is 78.9. The zero-order valence-corrected chi connectivity index (χ0v) is 68.5. The summed E-state index contributed by atoms with van der Waals surface area (Å²) in [5.74, 6) is -2.44. The molecular formula is C89H142O17P2. The Morgan fingerprint density at radius 3 is 0.833 bits per heavy atom. The maximum Gasteiger partial charge on any atom is 0.472 e. The van der Waals surface area contributed by atoms with E-state index in [1.165, 1.54) is 57.8 Å². The number of phosphoric ester groups is 2. The van der Waals surface area contributed by atoms with E-state index in [0.717, 1.165) is 128 Å². The Hall–Kier alpha value is -6.10. The lowest BCUT2D eigenvalue weighted by atomic mass is 10.1. The number of ether oxygens (including phenoxy) is 4. The Labute approximate surface area is 653 Å². The van der Waals surface area contributed by atoms with Crippen molar-refractivity contribution >= 4 is 39.5 Å². The van der Waals surface area contributed by atoms with Gasteiger partial charge in [0.2, 0.25) is 0 Å². The van der Waals surface area contributed by atoms with E-state index < -0.39 is 97.5 Å². The van der Waals surface area contributed by atoms with Gasteiger partial charge in [-0.2, -0.15) is 0 Å². The van der Waals surface area contributed by atoms with Crippen molar-refractivity contribution in [3.05, 3.63) is 194 Å². The van der Waals surface area contributed by atoms with Crippen LogP contribution in [0.25, 0.3) is 0 Å². The van der Waals surface area contributed by atoms with E-state index in [2.05, 4.69) is 180 Å². The maximum absolute atomic E-state index is 13.1. The minimum atomic E-state index is -5.03. The van der Waals surface area contributed by atoms with Gasteiger partial charge in [-0.05, 0) is 173 Å². The number of unbranched alkanes of at least 4 members (excludes halogenated alkanes) is 16. The van der Waals surface area contributed by atoms with E-state index >= 15 is 0 Å². The predicted molar refractivity (Wildman–Crippen MR) is 445 cm³/mol. The Morgan fingerprint density at radius 1 is 0.269 bits per heavy atom. The SMILES string of the molecule is CC/C=C\C/C=C\C/C=C\C/C=C\C/C=C\C/C=C\CCC(=O)OC[C@H](COP(=O)(O)OC[C@@H](O)COP(=O)(O)OC[C@@H](COC(=O)CCC/C=C\C/C=C\C/C=C\C/C=C\CCCCC)OC(=O)CCCCCCC/C=C\C/C=C\CCCCC)OC(=O)CCC/C=C\C/C=C\C/C=C\C/C=C\CCCCC. The molecule has 0 radical (unpaired) electrons. The normalized spacial score (nSPS) is 14.8. The second-order valence-electron chi connectivity index (χ2n) is 26.3. The summed E-state index contributed by atoms with van der Waals surface area (Å²) < 4.78 is 68.4. The van der Waals surface area contributed by atoms with Crippen molar-refractivity contribution in [1.82, 2.24) is 0 Å². The van der Waals surface area contributed by atoms with Crippen LogP contribution in [-0.2, 0) is 65.4 Å². The molecule has 0 aliphatic carbocycles. The van der Waals surface area contributed by atoms with Gasteiger partial charge in [0, 0.05) is 25.7 Å². The van der Waals surface area contributed by atoms with Crippen molar-refractivity contribution in [2.45, 2.75) is 303 Å². The number of phosphoric acid groups is 2. The molecular weight excluding hydrogens is 1400 g/mol. The number of carbonyl (C=O) groups excluding carboxylic acids is 4. The number of allylic oxidation sites excluding steroid dienone is 32. The van der Waals surface area contributed by atoms with Crippen molar-refractivity contribution < 1.29 is 80.2 Å². The fourth-order valence-corrected chi connectivity index (χ4v) is 11.4. The van der Waals surface area contributed by atoms with Crippen molar-refractivity contribution in [2.75, 3.05) is 39.6 Å². The lowest BCUT2D eigenvalue weighted by Gasteiger charge is -2.21. The molecule has 108 heavy (non-hydrogen) atoms. The minimum absolute atomic E-state index is 0.00637. The van der Waals surface area contributed by atoms with Crippen LogP contribution in [0.15, 0.2) is 194 Å². The fraction of sp³-hybridized carbons (Fsp3) is 0.596. The van der Waals surface area contributed by atoms with Gasteiger partial charge in [0.05, 0.1) is 26.4 Å². The minimum Gasteiger partial charge on any atom is -0.462 e. The van der Waals surface area contributed by atoms with E-state index in [1.807, 2.05) is 42.5 Å². The van der Waals surface area contributed by atoms with Crippen molar-refractivity contribution in [2.24, 2.45) is 0 Å². The van der Waals surface area contributed by atoms with Crippen LogP contribution in [0.2, 0.25) is 0 Å². The van der Waals surface area contributed by atoms with Crippen LogP contribution in [0.1, 0.15) is 285 Å². The van der Waals surface area contributed by atoms with Gasteiger partial charge in [-0.3, -0.25) is 37.3 Å². The summed E-state index contributed by atoms with van der Waals surface area (Å²) in [7, 11) is -10.0. The highest BCUT2D eigenvalue weighted by molar-refractivity contribution is 7.47. The number of esters is 4. The Kier molecular flexibility index (Phi) is 74.5. The van der Waals surface area contributed by atoms with Gasteiger partial charge >= 0.3 is 39.5 Å². The van der Waals surface area contributed by atoms with Crippen LogP contribution < -0.4 is 0 Å². The Morgan fingerprint density at radius 2 is 0.509 bits per heavy atom. The lowest BCUT2D eigenvalue weighted by molar-refractivity contribution is -0.161. The molecule has 0 rings (SSSR count). The van der Waals surface area contributed by atoms with Gasteiger partial charge in [-0.25, -0.2) is 9.13 Å². The first-order chi connectivity index (χ1) is 52.7. The molecule has 0 aliphatic rings. The van der Waals surface area contributed by atoms with Crippen LogP contribution in [0.4, 0.5) is 0 Å². The van der Waals surface area contributed by atoms with E-state index in [4.69, 9.17) is 37.0 Å². The third kappa shape index (κ3) is 78.0. The number of hydrogen-bond acceptors (Lipinski definition) is 15. The third-order valence-electron chi connectivity index (χ3n) is 16.0. The summed E-state index contributed by atoms with van der Waals surface area (Å²) in [6, 6.07) is 0. The van der Waals surface area contributed by atoms with Crippen molar-refractivity contribution in [3.8, 4) is 0 Å². The maximum atomic E-state index is 13.1. The fourth-order valence-electron chi connectivity index (χ4n) is 9.85. The summed E-state index contributed by atoms with van der Waals surface area (Å²) in [4.78, 5) is 73.0. The van der Waals surface area contributed by atoms with Crippen LogP contribution in [-0.4, -0.2) is 96.7 Å². The molecule has 0 saturated heterocycles. The third-order valence-corrected chi connectivity index (χ3v) is 17.9. The van der Waals surface area contributed by atoms with Gasteiger partial charge in [-0.15, -0.1) is 0 Å². The number of rotatable bonds is 74. The topological polar surface area (TPSA) is 237 Å². The van der Waals surface area contributed by atoms with E-state index in [1.54, 1.807) is 0 Å². The molecule has 19 heteroatoms. The van der Waals surface area contributed by atoms with Gasteiger partial charge in [-0.1, -0.05) is 280 Å². The molecule has 0 aromatic carbocycles. The Balaban J connectivity index is 5.57. The molecule has 2 unspecified atom stereocenters. The smallest absolute Gasteiger partial charge is 0.462 e. The van der Waals surface area contributed by atoms with Crippen molar-refractivity contribution in [3.63, 3.8) is 0 Å². The first kappa shape index (κ1) is 102. The molecule has 17 nitrogen and oxygen atoms in total. The lowest BCUT2D eigenvalue weighted by Crippen LogP contribution is -2.30. The first-order valence-electron chi connectivity index (χ1n) is 40.7. The highest BCUT2D eigenvalue weighted by atomic mass is 31.2. The van der Waals surface area contributed by atoms with Gasteiger partial charge in [0.15, 0.2) is 12.2 Å². The highest BCUT2D eigenvalue weighted by Gasteiger charge is 2.30. The van der Waals surface area contributed by atoms with E-state index in [0.29, 0.717) is 44.9 Å². The summed E-state index contributed by atoms with van der Waals surface area (Å²) in [6.07, 6.45) is 97.2. The average molecular weight is 1550 g/mol. The largest absolute Gasteiger partial charge is 0.472 e. The molecule has 3 N–H and O–H groups in total. The summed E-state index contributed by atoms with van der Waals surface area (Å²) in [6.45, 7) is 4.42. The molecule has 0 aliphatic heterocycles. The van der Waals surface area contributed by atoms with Crippen LogP contribution in [0.3, 0.4) is 0 Å². The number of hydrogen-bond donors (Lipinski definition) is 3. The molecule has 0 bridgehead atoms. The first-order valence-corrected chi connectivity index (χ1v) is 43.7. The van der Waals surface area contributed by atoms with Crippen LogP contribution >= 0.6 is 15.6 Å². The number of aliphatic hydroxyl groups is 1. The van der Waals surface area contributed by atoms with Crippen LogP contribution in [0.5, 0.6) is 0 Å². The zero-order valence-electron chi connectivity index (χ0n) is 66.7. The monoisotopic (exact) mass is 1540 g/mol. The molecule has 0 fully saturated rings. The van der Waals surface area contributed by atoms with Gasteiger partial charge in [0.1, 0.15) is 19.3 Å². The summed E-state index contributed by atoms with van der Waals surface area (Å²) >= 11 is 0. The van der Waals surface area contributed by atoms with Crippen molar-refractivity contribution in [1.29, 1.82) is 0 Å². The second kappa shape index (κ2) is 79.0. The molecule has 0 saturated carbocycles. The number of carbonyl (C=O) groups is 4. The molecule has 0 aromatic rings. The molecule has 0 spiro atoms.